The first kappa shape index (κ1) is 23.1. The van der Waals surface area contributed by atoms with Crippen LogP contribution in [0.25, 0.3) is 0 Å². The lowest BCUT2D eigenvalue weighted by Gasteiger charge is -2.17. The Labute approximate surface area is 186 Å². The van der Waals surface area contributed by atoms with E-state index in [1.165, 1.54) is 36.5 Å². The van der Waals surface area contributed by atoms with Crippen molar-refractivity contribution in [3.8, 4) is 5.75 Å². The Morgan fingerprint density at radius 3 is 2.35 bits per heavy atom. The maximum atomic E-state index is 12.8. The standard InChI is InChI=1S/C21H23ClN2O6S/c1-14(20(25)23-15-5-7-16(29-2)8-6-15)30-21(26)18-13-17(9-10-19(18)22)31(27,28)24-11-3-4-12-24/h5-10,13-14H,3-4,11-12H2,1-2H3,(H,23,25). The quantitative estimate of drug-likeness (QED) is 0.628. The minimum Gasteiger partial charge on any atom is -0.497 e. The molecule has 10 heteroatoms. The van der Waals surface area contributed by atoms with Gasteiger partial charge in [-0.05, 0) is 62.2 Å². The van der Waals surface area contributed by atoms with E-state index in [1.54, 1.807) is 24.3 Å². The van der Waals surface area contributed by atoms with Gasteiger partial charge in [-0.2, -0.15) is 4.31 Å². The summed E-state index contributed by atoms with van der Waals surface area (Å²) < 4.78 is 37.2. The molecule has 0 aromatic heterocycles. The third kappa shape index (κ3) is 5.36. The Balaban J connectivity index is 1.70. The number of sulfonamides is 1. The van der Waals surface area contributed by atoms with Gasteiger partial charge in [-0.25, -0.2) is 13.2 Å². The number of carbonyl (C=O) groups excluding carboxylic acids is 2. The summed E-state index contributed by atoms with van der Waals surface area (Å²) in [6, 6.07) is 10.5. The van der Waals surface area contributed by atoms with Crippen LogP contribution in [0.5, 0.6) is 5.75 Å². The average molecular weight is 467 g/mol. The van der Waals surface area contributed by atoms with E-state index in [0.29, 0.717) is 24.5 Å². The first-order valence-corrected chi connectivity index (χ1v) is 11.5. The Bertz CT molecular complexity index is 1070. The summed E-state index contributed by atoms with van der Waals surface area (Å²) in [6.45, 7) is 2.29. The number of ether oxygens (including phenoxy) is 2. The normalized spacial score (nSPS) is 15.3. The zero-order chi connectivity index (χ0) is 22.6. The second-order valence-corrected chi connectivity index (χ2v) is 9.36. The molecule has 0 spiro atoms. The Hall–Kier alpha value is -2.62. The van der Waals surface area contributed by atoms with Gasteiger partial charge in [0.15, 0.2) is 6.10 Å². The van der Waals surface area contributed by atoms with Crippen LogP contribution in [0.3, 0.4) is 0 Å². The van der Waals surface area contributed by atoms with Crippen molar-refractivity contribution in [3.63, 3.8) is 0 Å². The molecule has 1 saturated heterocycles. The summed E-state index contributed by atoms with van der Waals surface area (Å²) in [7, 11) is -2.19. The zero-order valence-corrected chi connectivity index (χ0v) is 18.7. The average Bonchev–Trinajstić information content (AvgIpc) is 3.30. The number of nitrogens with zero attached hydrogens (tertiary/aromatic N) is 1. The largest absolute Gasteiger partial charge is 0.497 e. The molecule has 0 saturated carbocycles. The highest BCUT2D eigenvalue weighted by atomic mass is 35.5. The fourth-order valence-electron chi connectivity index (χ4n) is 3.09. The smallest absolute Gasteiger partial charge is 0.340 e. The van der Waals surface area contributed by atoms with Crippen molar-refractivity contribution >= 4 is 39.2 Å². The highest BCUT2D eigenvalue weighted by Gasteiger charge is 2.29. The maximum Gasteiger partial charge on any atom is 0.340 e. The number of nitrogens with one attached hydrogen (secondary N) is 1. The predicted octanol–water partition coefficient (Wildman–Crippen LogP) is 3.32. The van der Waals surface area contributed by atoms with Crippen LogP contribution >= 0.6 is 11.6 Å². The number of amides is 1. The summed E-state index contributed by atoms with van der Waals surface area (Å²) in [5, 5.41) is 2.67. The molecule has 1 heterocycles. The molecule has 2 aromatic carbocycles. The molecule has 8 nitrogen and oxygen atoms in total. The first-order valence-electron chi connectivity index (χ1n) is 9.68. The fraction of sp³-hybridized carbons (Fsp3) is 0.333. The van der Waals surface area contributed by atoms with Gasteiger partial charge < -0.3 is 14.8 Å². The molecule has 1 N–H and O–H groups in total. The second kappa shape index (κ2) is 9.67. The number of rotatable bonds is 7. The number of carbonyl (C=O) groups is 2. The van der Waals surface area contributed by atoms with Gasteiger partial charge >= 0.3 is 5.97 Å². The molecule has 1 amide bonds. The monoisotopic (exact) mass is 466 g/mol. The zero-order valence-electron chi connectivity index (χ0n) is 17.1. The number of hydrogen-bond acceptors (Lipinski definition) is 6. The Kier molecular flexibility index (Phi) is 7.19. The minimum atomic E-state index is -3.73. The maximum absolute atomic E-state index is 12.8. The lowest BCUT2D eigenvalue weighted by Crippen LogP contribution is -2.30. The molecule has 166 valence electrons. The van der Waals surface area contributed by atoms with Crippen LogP contribution in [-0.2, 0) is 19.6 Å². The van der Waals surface area contributed by atoms with E-state index in [4.69, 9.17) is 21.1 Å². The van der Waals surface area contributed by atoms with Crippen molar-refractivity contribution in [2.24, 2.45) is 0 Å². The van der Waals surface area contributed by atoms with Gasteiger partial charge in [0.2, 0.25) is 10.0 Å². The Morgan fingerprint density at radius 1 is 1.10 bits per heavy atom. The van der Waals surface area contributed by atoms with E-state index in [-0.39, 0.29) is 15.5 Å². The van der Waals surface area contributed by atoms with Gasteiger partial charge in [0.05, 0.1) is 22.6 Å². The molecule has 1 atom stereocenters. The first-order chi connectivity index (χ1) is 14.7. The van der Waals surface area contributed by atoms with Crippen LogP contribution in [0, 0.1) is 0 Å². The highest BCUT2D eigenvalue weighted by Crippen LogP contribution is 2.26. The molecule has 31 heavy (non-hydrogen) atoms. The van der Waals surface area contributed by atoms with E-state index in [9.17, 15) is 18.0 Å². The van der Waals surface area contributed by atoms with Crippen molar-refractivity contribution in [3.05, 3.63) is 53.1 Å². The van der Waals surface area contributed by atoms with E-state index >= 15 is 0 Å². The number of hydrogen-bond donors (Lipinski definition) is 1. The van der Waals surface area contributed by atoms with Crippen molar-refractivity contribution in [2.75, 3.05) is 25.5 Å². The van der Waals surface area contributed by atoms with Gasteiger partial charge in [0.1, 0.15) is 5.75 Å². The highest BCUT2D eigenvalue weighted by molar-refractivity contribution is 7.89. The van der Waals surface area contributed by atoms with Crippen LogP contribution in [0.2, 0.25) is 5.02 Å². The van der Waals surface area contributed by atoms with Crippen LogP contribution in [0.4, 0.5) is 5.69 Å². The molecule has 3 rings (SSSR count). The van der Waals surface area contributed by atoms with Gasteiger partial charge in [-0.3, -0.25) is 4.79 Å². The number of benzene rings is 2. The van der Waals surface area contributed by atoms with E-state index < -0.39 is 28.0 Å². The molecule has 1 aliphatic heterocycles. The van der Waals surface area contributed by atoms with Crippen LogP contribution in [-0.4, -0.2) is 50.9 Å². The number of anilines is 1. The number of esters is 1. The molecule has 2 aromatic rings. The molecule has 0 bridgehead atoms. The van der Waals surface area contributed by atoms with Gasteiger partial charge in [-0.1, -0.05) is 11.6 Å². The lowest BCUT2D eigenvalue weighted by atomic mass is 10.2. The number of methoxy groups -OCH3 is 1. The third-order valence-corrected chi connectivity index (χ3v) is 7.10. The van der Waals surface area contributed by atoms with Crippen molar-refractivity contribution < 1.29 is 27.5 Å². The SMILES string of the molecule is COc1ccc(NC(=O)C(C)OC(=O)c2cc(S(=O)(=O)N3CCCC3)ccc2Cl)cc1. The molecule has 0 radical (unpaired) electrons. The summed E-state index contributed by atoms with van der Waals surface area (Å²) in [5.41, 5.74) is 0.386. The van der Waals surface area contributed by atoms with E-state index in [0.717, 1.165) is 12.8 Å². The summed E-state index contributed by atoms with van der Waals surface area (Å²) >= 11 is 6.10. The summed E-state index contributed by atoms with van der Waals surface area (Å²) in [4.78, 5) is 24.9. The van der Waals surface area contributed by atoms with E-state index in [2.05, 4.69) is 5.32 Å². The summed E-state index contributed by atoms with van der Waals surface area (Å²) in [5.74, 6) is -0.799. The van der Waals surface area contributed by atoms with Crippen molar-refractivity contribution in [2.45, 2.75) is 30.8 Å². The number of halogens is 1. The minimum absolute atomic E-state index is 0.0353. The Morgan fingerprint density at radius 2 is 1.74 bits per heavy atom. The predicted molar refractivity (Wildman–Crippen MR) is 116 cm³/mol. The van der Waals surface area contributed by atoms with Crippen molar-refractivity contribution in [1.82, 2.24) is 4.31 Å². The van der Waals surface area contributed by atoms with E-state index in [1.807, 2.05) is 0 Å². The molecule has 0 aliphatic carbocycles. The molecular formula is C21H23ClN2O6S. The molecule has 1 unspecified atom stereocenters. The van der Waals surface area contributed by atoms with Gasteiger partial charge in [0, 0.05) is 18.8 Å². The van der Waals surface area contributed by atoms with Gasteiger partial charge in [0.25, 0.3) is 5.91 Å². The fourth-order valence-corrected chi connectivity index (χ4v) is 4.83. The molecule has 1 aliphatic rings. The second-order valence-electron chi connectivity index (χ2n) is 7.02. The lowest BCUT2D eigenvalue weighted by molar-refractivity contribution is -0.123. The van der Waals surface area contributed by atoms with Crippen LogP contribution in [0.15, 0.2) is 47.4 Å². The van der Waals surface area contributed by atoms with Crippen LogP contribution < -0.4 is 10.1 Å². The van der Waals surface area contributed by atoms with Crippen molar-refractivity contribution in [1.29, 1.82) is 0 Å². The topological polar surface area (TPSA) is 102 Å². The third-order valence-electron chi connectivity index (χ3n) is 4.87. The summed E-state index contributed by atoms with van der Waals surface area (Å²) in [6.07, 6.45) is 0.454. The molecule has 1 fully saturated rings. The van der Waals surface area contributed by atoms with Crippen LogP contribution in [0.1, 0.15) is 30.1 Å². The van der Waals surface area contributed by atoms with Gasteiger partial charge in [-0.15, -0.1) is 0 Å². The molecular weight excluding hydrogens is 444 g/mol.